The van der Waals surface area contributed by atoms with Crippen LogP contribution in [0, 0.1) is 17.3 Å². The lowest BCUT2D eigenvalue weighted by Gasteiger charge is -2.30. The van der Waals surface area contributed by atoms with Gasteiger partial charge in [0, 0.05) is 5.56 Å². The summed E-state index contributed by atoms with van der Waals surface area (Å²) in [7, 11) is 0. The van der Waals surface area contributed by atoms with Crippen LogP contribution in [0.4, 0.5) is 0 Å². The molecule has 1 N–H and O–H groups in total. The van der Waals surface area contributed by atoms with Crippen molar-refractivity contribution in [2.24, 2.45) is 17.3 Å². The first-order chi connectivity index (χ1) is 11.0. The Balaban J connectivity index is 2.28. The molecule has 0 saturated carbocycles. The van der Waals surface area contributed by atoms with Crippen LogP contribution in [-0.2, 0) is 10.4 Å². The van der Waals surface area contributed by atoms with Gasteiger partial charge in [0.1, 0.15) is 5.75 Å². The molecule has 0 heterocycles. The van der Waals surface area contributed by atoms with Gasteiger partial charge >= 0.3 is 5.97 Å². The highest BCUT2D eigenvalue weighted by atomic mass is 16.5. The third-order valence-electron chi connectivity index (χ3n) is 4.60. The molecule has 1 aliphatic carbocycles. The highest BCUT2D eigenvalue weighted by Gasteiger charge is 2.32. The Labute approximate surface area is 145 Å². The molecular formula is C21H30O3. The van der Waals surface area contributed by atoms with Crippen LogP contribution < -0.4 is 4.74 Å². The van der Waals surface area contributed by atoms with Crippen molar-refractivity contribution < 1.29 is 14.6 Å². The SMILES string of the molecule is CC(C)C(CC(C)(C)C)C(=O)Oc1cccc2c1C=CCC2(C)O. The number of rotatable bonds is 4. The van der Waals surface area contributed by atoms with Gasteiger partial charge in [0.2, 0.25) is 0 Å². The minimum atomic E-state index is -0.921. The van der Waals surface area contributed by atoms with Gasteiger partial charge in [-0.05, 0) is 42.7 Å². The Kier molecular flexibility index (Phi) is 5.24. The Bertz CT molecular complexity index is 633. The predicted octanol–water partition coefficient (Wildman–Crippen LogP) is 4.92. The summed E-state index contributed by atoms with van der Waals surface area (Å²) in [6.45, 7) is 12.3. The number of fused-ring (bicyclic) bond motifs is 1. The van der Waals surface area contributed by atoms with Crippen molar-refractivity contribution in [1.29, 1.82) is 0 Å². The van der Waals surface area contributed by atoms with E-state index in [2.05, 4.69) is 34.6 Å². The second-order valence-electron chi connectivity index (χ2n) is 8.63. The predicted molar refractivity (Wildman–Crippen MR) is 97.7 cm³/mol. The number of hydrogen-bond acceptors (Lipinski definition) is 3. The molecule has 3 heteroatoms. The van der Waals surface area contributed by atoms with Crippen LogP contribution in [0.25, 0.3) is 6.08 Å². The first-order valence-corrected chi connectivity index (χ1v) is 8.75. The summed E-state index contributed by atoms with van der Waals surface area (Å²) < 4.78 is 5.77. The molecule has 1 aliphatic rings. The quantitative estimate of drug-likeness (QED) is 0.629. The van der Waals surface area contributed by atoms with Crippen LogP contribution in [0.5, 0.6) is 5.75 Å². The van der Waals surface area contributed by atoms with Crippen molar-refractivity contribution >= 4 is 12.0 Å². The molecule has 1 aromatic rings. The maximum atomic E-state index is 12.8. The summed E-state index contributed by atoms with van der Waals surface area (Å²) in [6.07, 6.45) is 5.21. The maximum Gasteiger partial charge on any atom is 0.314 e. The highest BCUT2D eigenvalue weighted by Crippen LogP contribution is 2.38. The highest BCUT2D eigenvalue weighted by molar-refractivity contribution is 5.78. The summed E-state index contributed by atoms with van der Waals surface area (Å²) in [5.41, 5.74) is 0.760. The van der Waals surface area contributed by atoms with E-state index >= 15 is 0 Å². The molecule has 3 nitrogen and oxygen atoms in total. The molecule has 0 aromatic heterocycles. The van der Waals surface area contributed by atoms with E-state index in [-0.39, 0.29) is 23.2 Å². The molecule has 2 rings (SSSR count). The number of benzene rings is 1. The summed E-state index contributed by atoms with van der Waals surface area (Å²) in [4.78, 5) is 12.8. The monoisotopic (exact) mass is 330 g/mol. The van der Waals surface area contributed by atoms with Crippen LogP contribution in [-0.4, -0.2) is 11.1 Å². The Morgan fingerprint density at radius 3 is 2.58 bits per heavy atom. The van der Waals surface area contributed by atoms with Crippen LogP contribution in [0.3, 0.4) is 0 Å². The topological polar surface area (TPSA) is 46.5 Å². The normalized spacial score (nSPS) is 21.5. The summed E-state index contributed by atoms with van der Waals surface area (Å²) in [5.74, 6) is 0.420. The van der Waals surface area contributed by atoms with Gasteiger partial charge in [-0.1, -0.05) is 58.9 Å². The number of esters is 1. The van der Waals surface area contributed by atoms with E-state index in [1.54, 1.807) is 13.0 Å². The van der Waals surface area contributed by atoms with Gasteiger partial charge in [-0.15, -0.1) is 0 Å². The molecule has 2 atom stereocenters. The zero-order valence-electron chi connectivity index (χ0n) is 15.7. The Morgan fingerprint density at radius 2 is 2.00 bits per heavy atom. The van der Waals surface area contributed by atoms with E-state index < -0.39 is 5.60 Å². The van der Waals surface area contributed by atoms with Crippen LogP contribution in [0.1, 0.15) is 65.5 Å². The Hall–Kier alpha value is -1.61. The molecule has 0 bridgehead atoms. The number of ether oxygens (including phenoxy) is 1. The lowest BCUT2D eigenvalue weighted by atomic mass is 9.79. The second-order valence-corrected chi connectivity index (χ2v) is 8.63. The second kappa shape index (κ2) is 6.72. The smallest absolute Gasteiger partial charge is 0.314 e. The minimum Gasteiger partial charge on any atom is -0.426 e. The average Bonchev–Trinajstić information content (AvgIpc) is 2.44. The van der Waals surface area contributed by atoms with E-state index in [1.807, 2.05) is 24.3 Å². The lowest BCUT2D eigenvalue weighted by molar-refractivity contribution is -0.141. The number of hydrogen-bond donors (Lipinski definition) is 1. The van der Waals surface area contributed by atoms with E-state index in [0.717, 1.165) is 17.5 Å². The van der Waals surface area contributed by atoms with Gasteiger partial charge in [-0.2, -0.15) is 0 Å². The van der Waals surface area contributed by atoms with Gasteiger partial charge in [-0.25, -0.2) is 0 Å². The molecule has 1 aromatic carbocycles. The van der Waals surface area contributed by atoms with Crippen molar-refractivity contribution in [2.75, 3.05) is 0 Å². The van der Waals surface area contributed by atoms with Crippen LogP contribution in [0.2, 0.25) is 0 Å². The summed E-state index contributed by atoms with van der Waals surface area (Å²) in [5, 5.41) is 10.5. The number of carbonyl (C=O) groups excluding carboxylic acids is 1. The fourth-order valence-corrected chi connectivity index (χ4v) is 3.23. The summed E-state index contributed by atoms with van der Waals surface area (Å²) in [6, 6.07) is 5.53. The van der Waals surface area contributed by atoms with Crippen molar-refractivity contribution in [3.8, 4) is 5.75 Å². The average molecular weight is 330 g/mol. The first kappa shape index (κ1) is 18.7. The molecule has 0 fully saturated rings. The molecule has 0 spiro atoms. The minimum absolute atomic E-state index is 0.0631. The van der Waals surface area contributed by atoms with Crippen molar-refractivity contribution in [2.45, 2.75) is 60.0 Å². The maximum absolute atomic E-state index is 12.8. The summed E-state index contributed by atoms with van der Waals surface area (Å²) >= 11 is 0. The molecule has 0 amide bonds. The molecule has 24 heavy (non-hydrogen) atoms. The van der Waals surface area contributed by atoms with Crippen molar-refractivity contribution in [3.05, 3.63) is 35.4 Å². The number of carbonyl (C=O) groups is 1. The zero-order chi connectivity index (χ0) is 18.1. The molecule has 132 valence electrons. The van der Waals surface area contributed by atoms with Crippen molar-refractivity contribution in [3.63, 3.8) is 0 Å². The molecule has 0 radical (unpaired) electrons. The molecule has 2 unspecified atom stereocenters. The largest absolute Gasteiger partial charge is 0.426 e. The molecule has 0 aliphatic heterocycles. The van der Waals surface area contributed by atoms with E-state index in [4.69, 9.17) is 4.74 Å². The van der Waals surface area contributed by atoms with E-state index in [9.17, 15) is 9.90 Å². The van der Waals surface area contributed by atoms with Crippen molar-refractivity contribution in [1.82, 2.24) is 0 Å². The van der Waals surface area contributed by atoms with Gasteiger partial charge in [0.15, 0.2) is 0 Å². The van der Waals surface area contributed by atoms with Crippen LogP contribution in [0.15, 0.2) is 24.3 Å². The van der Waals surface area contributed by atoms with Gasteiger partial charge < -0.3 is 9.84 Å². The van der Waals surface area contributed by atoms with Gasteiger partial charge in [-0.3, -0.25) is 4.79 Å². The van der Waals surface area contributed by atoms with E-state index in [1.165, 1.54) is 0 Å². The molecule has 0 saturated heterocycles. The third-order valence-corrected chi connectivity index (χ3v) is 4.60. The fraction of sp³-hybridized carbons (Fsp3) is 0.571. The molecular weight excluding hydrogens is 300 g/mol. The van der Waals surface area contributed by atoms with Crippen LogP contribution >= 0.6 is 0 Å². The van der Waals surface area contributed by atoms with Gasteiger partial charge in [0.25, 0.3) is 0 Å². The fourth-order valence-electron chi connectivity index (χ4n) is 3.23. The van der Waals surface area contributed by atoms with Gasteiger partial charge in [0.05, 0.1) is 11.5 Å². The zero-order valence-corrected chi connectivity index (χ0v) is 15.7. The van der Waals surface area contributed by atoms with E-state index in [0.29, 0.717) is 12.2 Å². The third kappa shape index (κ3) is 4.27. The first-order valence-electron chi connectivity index (χ1n) is 8.75. The Morgan fingerprint density at radius 1 is 1.33 bits per heavy atom. The number of aliphatic hydroxyl groups is 1. The standard InChI is InChI=1S/C21H30O3/c1-14(2)16(13-20(3,4)5)19(22)24-18-11-7-10-17-15(18)9-8-12-21(17,6)23/h7-11,14,16,23H,12-13H2,1-6H3. The lowest BCUT2D eigenvalue weighted by Crippen LogP contribution is -2.30.